The van der Waals surface area contributed by atoms with Gasteiger partial charge in [-0.1, -0.05) is 33.6 Å². The van der Waals surface area contributed by atoms with E-state index in [1.165, 1.54) is 0 Å². The zero-order chi connectivity index (χ0) is 10.1. The van der Waals surface area contributed by atoms with Crippen molar-refractivity contribution in [3.8, 4) is 0 Å². The Kier molecular flexibility index (Phi) is 7.69. The summed E-state index contributed by atoms with van der Waals surface area (Å²) < 4.78 is 4.99. The van der Waals surface area contributed by atoms with E-state index in [-0.39, 0.29) is 5.97 Å². The van der Waals surface area contributed by atoms with Crippen LogP contribution in [-0.2, 0) is 9.53 Å². The summed E-state index contributed by atoms with van der Waals surface area (Å²) in [6, 6.07) is 0.336. The molecule has 1 N–H and O–H groups in total. The molecule has 0 unspecified atom stereocenters. The normalized spacial score (nSPS) is 10.5. The van der Waals surface area contributed by atoms with Gasteiger partial charge in [-0.25, -0.2) is 0 Å². The van der Waals surface area contributed by atoms with E-state index in [0.717, 1.165) is 19.3 Å². The van der Waals surface area contributed by atoms with E-state index in [1.54, 1.807) is 0 Å². The average Bonchev–Trinajstić information content (AvgIpc) is 2.09. The lowest BCUT2D eigenvalue weighted by molar-refractivity contribution is -0.142. The molecule has 0 radical (unpaired) electrons. The lowest BCUT2D eigenvalue weighted by atomic mass is 10.3. The molecule has 0 saturated carbocycles. The standard InChI is InChI=1S/C10H21NO2/c1-4-5-6-7-13-10(12)8-11-9(2)3/h9,11H,4-8H2,1-3H3. The zero-order valence-corrected chi connectivity index (χ0v) is 8.93. The van der Waals surface area contributed by atoms with Crippen molar-refractivity contribution in [3.05, 3.63) is 0 Å². The summed E-state index contributed by atoms with van der Waals surface area (Å²) >= 11 is 0. The minimum Gasteiger partial charge on any atom is -0.465 e. The first-order valence-corrected chi connectivity index (χ1v) is 5.05. The predicted molar refractivity (Wildman–Crippen MR) is 53.6 cm³/mol. The third-order valence-electron chi connectivity index (χ3n) is 1.67. The van der Waals surface area contributed by atoms with Crippen LogP contribution < -0.4 is 5.32 Å². The second kappa shape index (κ2) is 8.05. The number of rotatable bonds is 7. The molecular weight excluding hydrogens is 166 g/mol. The number of hydrogen-bond donors (Lipinski definition) is 1. The van der Waals surface area contributed by atoms with Crippen molar-refractivity contribution in [2.24, 2.45) is 0 Å². The first kappa shape index (κ1) is 12.4. The van der Waals surface area contributed by atoms with Gasteiger partial charge in [0.25, 0.3) is 0 Å². The van der Waals surface area contributed by atoms with E-state index in [0.29, 0.717) is 19.2 Å². The molecule has 0 heterocycles. The lowest BCUT2D eigenvalue weighted by Crippen LogP contribution is -2.30. The molecule has 3 nitrogen and oxygen atoms in total. The molecule has 0 spiro atoms. The van der Waals surface area contributed by atoms with Gasteiger partial charge >= 0.3 is 5.97 Å². The smallest absolute Gasteiger partial charge is 0.319 e. The van der Waals surface area contributed by atoms with Crippen molar-refractivity contribution in [2.45, 2.75) is 46.1 Å². The molecule has 0 saturated heterocycles. The molecular formula is C10H21NO2. The van der Waals surface area contributed by atoms with Crippen molar-refractivity contribution in [2.75, 3.05) is 13.2 Å². The minimum absolute atomic E-state index is 0.148. The Morgan fingerprint density at radius 1 is 1.38 bits per heavy atom. The molecule has 3 heteroatoms. The quantitative estimate of drug-likeness (QED) is 0.487. The molecule has 0 rings (SSSR count). The summed E-state index contributed by atoms with van der Waals surface area (Å²) in [6.07, 6.45) is 3.26. The number of hydrogen-bond acceptors (Lipinski definition) is 3. The van der Waals surface area contributed by atoms with Gasteiger partial charge in [-0.05, 0) is 6.42 Å². The Balaban J connectivity index is 3.20. The van der Waals surface area contributed by atoms with E-state index in [4.69, 9.17) is 4.74 Å². The molecule has 0 aliphatic rings. The molecule has 0 aliphatic heterocycles. The largest absolute Gasteiger partial charge is 0.465 e. The second-order valence-electron chi connectivity index (χ2n) is 3.46. The van der Waals surface area contributed by atoms with E-state index in [2.05, 4.69) is 12.2 Å². The Morgan fingerprint density at radius 3 is 2.62 bits per heavy atom. The van der Waals surface area contributed by atoms with Crippen LogP contribution in [0.2, 0.25) is 0 Å². The molecule has 78 valence electrons. The summed E-state index contributed by atoms with van der Waals surface area (Å²) in [7, 11) is 0. The van der Waals surface area contributed by atoms with Gasteiger partial charge in [-0.2, -0.15) is 0 Å². The summed E-state index contributed by atoms with van der Waals surface area (Å²) in [6.45, 7) is 7.02. The van der Waals surface area contributed by atoms with Crippen molar-refractivity contribution in [1.29, 1.82) is 0 Å². The number of nitrogens with one attached hydrogen (secondary N) is 1. The number of carbonyl (C=O) groups excluding carboxylic acids is 1. The number of carbonyl (C=O) groups is 1. The summed E-state index contributed by atoms with van der Waals surface area (Å²) in [5.74, 6) is -0.148. The van der Waals surface area contributed by atoms with E-state index in [9.17, 15) is 4.79 Å². The van der Waals surface area contributed by atoms with Crippen LogP contribution in [0.15, 0.2) is 0 Å². The maximum atomic E-state index is 11.0. The van der Waals surface area contributed by atoms with Crippen LogP contribution in [0, 0.1) is 0 Å². The van der Waals surface area contributed by atoms with Crippen molar-refractivity contribution < 1.29 is 9.53 Å². The fourth-order valence-corrected chi connectivity index (χ4v) is 0.877. The van der Waals surface area contributed by atoms with Gasteiger partial charge in [-0.3, -0.25) is 4.79 Å². The number of esters is 1. The van der Waals surface area contributed by atoms with Crippen molar-refractivity contribution in [3.63, 3.8) is 0 Å². The van der Waals surface area contributed by atoms with Crippen LogP contribution in [0.1, 0.15) is 40.0 Å². The molecule has 0 aliphatic carbocycles. The Hall–Kier alpha value is -0.570. The first-order valence-electron chi connectivity index (χ1n) is 5.05. The van der Waals surface area contributed by atoms with Gasteiger partial charge in [0.05, 0.1) is 13.2 Å². The van der Waals surface area contributed by atoms with Crippen LogP contribution in [0.4, 0.5) is 0 Å². The summed E-state index contributed by atoms with van der Waals surface area (Å²) in [5.41, 5.74) is 0. The van der Waals surface area contributed by atoms with Gasteiger partial charge in [0.15, 0.2) is 0 Å². The lowest BCUT2D eigenvalue weighted by Gasteiger charge is -2.07. The Morgan fingerprint density at radius 2 is 2.08 bits per heavy atom. The third kappa shape index (κ3) is 9.34. The zero-order valence-electron chi connectivity index (χ0n) is 8.93. The Labute approximate surface area is 80.8 Å². The van der Waals surface area contributed by atoms with Crippen molar-refractivity contribution >= 4 is 5.97 Å². The SMILES string of the molecule is CCCCCOC(=O)CNC(C)C. The fraction of sp³-hybridized carbons (Fsp3) is 0.900. The first-order chi connectivity index (χ1) is 6.16. The molecule has 0 bridgehead atoms. The molecule has 0 aromatic heterocycles. The van der Waals surface area contributed by atoms with Crippen LogP contribution in [0.25, 0.3) is 0 Å². The minimum atomic E-state index is -0.148. The molecule has 0 fully saturated rings. The highest BCUT2D eigenvalue weighted by Crippen LogP contribution is 1.94. The highest BCUT2D eigenvalue weighted by molar-refractivity contribution is 5.71. The van der Waals surface area contributed by atoms with E-state index in [1.807, 2.05) is 13.8 Å². The van der Waals surface area contributed by atoms with Gasteiger partial charge in [0.1, 0.15) is 0 Å². The van der Waals surface area contributed by atoms with E-state index >= 15 is 0 Å². The maximum Gasteiger partial charge on any atom is 0.319 e. The number of ether oxygens (including phenoxy) is 1. The highest BCUT2D eigenvalue weighted by Gasteiger charge is 2.02. The predicted octanol–water partition coefficient (Wildman–Crippen LogP) is 1.72. The Bertz CT molecular complexity index is 135. The molecule has 0 aromatic rings. The van der Waals surface area contributed by atoms with Crippen LogP contribution >= 0.6 is 0 Å². The summed E-state index contributed by atoms with van der Waals surface area (Å²) in [5, 5.41) is 3.01. The maximum absolute atomic E-state index is 11.0. The van der Waals surface area contributed by atoms with Crippen LogP contribution in [0.3, 0.4) is 0 Å². The highest BCUT2D eigenvalue weighted by atomic mass is 16.5. The van der Waals surface area contributed by atoms with Gasteiger partial charge in [0.2, 0.25) is 0 Å². The van der Waals surface area contributed by atoms with Gasteiger partial charge < -0.3 is 10.1 Å². The van der Waals surface area contributed by atoms with E-state index < -0.39 is 0 Å². The van der Waals surface area contributed by atoms with Gasteiger partial charge in [-0.15, -0.1) is 0 Å². The third-order valence-corrected chi connectivity index (χ3v) is 1.67. The number of unbranched alkanes of at least 4 members (excludes halogenated alkanes) is 2. The second-order valence-corrected chi connectivity index (χ2v) is 3.46. The monoisotopic (exact) mass is 187 g/mol. The van der Waals surface area contributed by atoms with Crippen LogP contribution in [-0.4, -0.2) is 25.2 Å². The van der Waals surface area contributed by atoms with Crippen LogP contribution in [0.5, 0.6) is 0 Å². The van der Waals surface area contributed by atoms with Crippen molar-refractivity contribution in [1.82, 2.24) is 5.32 Å². The molecule has 13 heavy (non-hydrogen) atoms. The van der Waals surface area contributed by atoms with Gasteiger partial charge in [0, 0.05) is 6.04 Å². The molecule has 0 atom stereocenters. The molecule has 0 aromatic carbocycles. The summed E-state index contributed by atoms with van der Waals surface area (Å²) in [4.78, 5) is 11.0. The topological polar surface area (TPSA) is 38.3 Å². The average molecular weight is 187 g/mol. The molecule has 0 amide bonds. The fourth-order valence-electron chi connectivity index (χ4n) is 0.877.